The van der Waals surface area contributed by atoms with Crippen LogP contribution in [0.4, 0.5) is 0 Å². The number of aromatic nitrogens is 1. The van der Waals surface area contributed by atoms with Crippen LogP contribution in [0.5, 0.6) is 0 Å². The number of hydrogen-bond donors (Lipinski definition) is 0. The fourth-order valence-electron chi connectivity index (χ4n) is 2.26. The van der Waals surface area contributed by atoms with Crippen molar-refractivity contribution in [3.8, 4) is 0 Å². The first kappa shape index (κ1) is 11.0. The van der Waals surface area contributed by atoms with Crippen molar-refractivity contribution in [1.82, 2.24) is 10.1 Å². The molecular formula is C14H14N2O2. The van der Waals surface area contributed by atoms with E-state index in [2.05, 4.69) is 5.16 Å². The van der Waals surface area contributed by atoms with Gasteiger partial charge in [0.15, 0.2) is 5.76 Å². The van der Waals surface area contributed by atoms with Gasteiger partial charge in [0.2, 0.25) is 5.91 Å². The normalized spacial score (nSPS) is 14.7. The molecule has 1 amide bonds. The highest BCUT2D eigenvalue weighted by Gasteiger charge is 2.27. The summed E-state index contributed by atoms with van der Waals surface area (Å²) in [7, 11) is 0. The summed E-state index contributed by atoms with van der Waals surface area (Å²) < 4.78 is 5.26. The van der Waals surface area contributed by atoms with E-state index in [1.54, 1.807) is 0 Å². The third-order valence-corrected chi connectivity index (χ3v) is 3.30. The van der Waals surface area contributed by atoms with Crippen molar-refractivity contribution in [2.75, 3.05) is 0 Å². The summed E-state index contributed by atoms with van der Waals surface area (Å²) in [5.74, 6) is 0.959. The van der Waals surface area contributed by atoms with Gasteiger partial charge in [0.1, 0.15) is 0 Å². The number of hydrogen-bond acceptors (Lipinski definition) is 3. The van der Waals surface area contributed by atoms with Gasteiger partial charge in [-0.1, -0.05) is 35.5 Å². The minimum absolute atomic E-state index is 0.137. The van der Waals surface area contributed by atoms with Gasteiger partial charge in [0.25, 0.3) is 0 Å². The quantitative estimate of drug-likeness (QED) is 0.809. The third-order valence-electron chi connectivity index (χ3n) is 3.30. The first-order chi connectivity index (χ1) is 8.74. The fourth-order valence-corrected chi connectivity index (χ4v) is 2.26. The second-order valence-corrected chi connectivity index (χ2v) is 4.58. The molecule has 0 radical (unpaired) electrons. The molecule has 0 saturated heterocycles. The third kappa shape index (κ3) is 1.90. The lowest BCUT2D eigenvalue weighted by molar-refractivity contribution is -0.133. The fraction of sp³-hybridized carbons (Fsp3) is 0.286. The summed E-state index contributed by atoms with van der Waals surface area (Å²) >= 11 is 0. The summed E-state index contributed by atoms with van der Waals surface area (Å²) in [5.41, 5.74) is 2.92. The number of amides is 1. The molecule has 0 aliphatic carbocycles. The molecule has 2 aromatic rings. The Balaban J connectivity index is 1.81. The molecule has 0 unspecified atom stereocenters. The lowest BCUT2D eigenvalue weighted by Crippen LogP contribution is -2.35. The van der Waals surface area contributed by atoms with Crippen LogP contribution in [0.3, 0.4) is 0 Å². The summed E-state index contributed by atoms with van der Waals surface area (Å²) in [6.07, 6.45) is 0.400. The largest absolute Gasteiger partial charge is 0.359 e. The molecule has 1 aromatic heterocycles. The highest BCUT2D eigenvalue weighted by molar-refractivity contribution is 5.80. The minimum atomic E-state index is 0.137. The monoisotopic (exact) mass is 242 g/mol. The van der Waals surface area contributed by atoms with Gasteiger partial charge in [-0.05, 0) is 12.5 Å². The van der Waals surface area contributed by atoms with Crippen molar-refractivity contribution in [3.05, 3.63) is 52.9 Å². The molecule has 1 aromatic carbocycles. The maximum Gasteiger partial charge on any atom is 0.227 e. The molecular weight excluding hydrogens is 228 g/mol. The van der Waals surface area contributed by atoms with Crippen molar-refractivity contribution in [2.24, 2.45) is 0 Å². The Hall–Kier alpha value is -2.10. The lowest BCUT2D eigenvalue weighted by atomic mass is 10.0. The smallest absolute Gasteiger partial charge is 0.227 e. The van der Waals surface area contributed by atoms with Crippen LogP contribution in [0.1, 0.15) is 22.6 Å². The van der Waals surface area contributed by atoms with Gasteiger partial charge in [-0.2, -0.15) is 0 Å². The molecule has 0 atom stereocenters. The number of carbonyl (C=O) groups excluding carboxylic acids is 1. The molecule has 0 bridgehead atoms. The van der Waals surface area contributed by atoms with Gasteiger partial charge < -0.3 is 9.42 Å². The topological polar surface area (TPSA) is 46.3 Å². The lowest BCUT2D eigenvalue weighted by Gasteiger charge is -2.25. The predicted molar refractivity (Wildman–Crippen MR) is 65.6 cm³/mol. The molecule has 92 valence electrons. The van der Waals surface area contributed by atoms with Crippen LogP contribution >= 0.6 is 0 Å². The zero-order chi connectivity index (χ0) is 12.5. The number of fused-ring (bicyclic) bond motifs is 1. The van der Waals surface area contributed by atoms with Gasteiger partial charge in [-0.15, -0.1) is 0 Å². The maximum absolute atomic E-state index is 12.1. The van der Waals surface area contributed by atoms with E-state index >= 15 is 0 Å². The van der Waals surface area contributed by atoms with Crippen LogP contribution in [0.2, 0.25) is 0 Å². The van der Waals surface area contributed by atoms with Crippen LogP contribution in [0.25, 0.3) is 0 Å². The molecule has 0 fully saturated rings. The highest BCUT2D eigenvalue weighted by Crippen LogP contribution is 2.23. The molecule has 18 heavy (non-hydrogen) atoms. The second kappa shape index (κ2) is 4.29. The van der Waals surface area contributed by atoms with Gasteiger partial charge in [0.05, 0.1) is 18.7 Å². The summed E-state index contributed by atoms with van der Waals surface area (Å²) in [5, 5.41) is 3.92. The Morgan fingerprint density at radius 2 is 2.11 bits per heavy atom. The van der Waals surface area contributed by atoms with Crippen molar-refractivity contribution in [1.29, 1.82) is 0 Å². The molecule has 4 nitrogen and oxygen atoms in total. The predicted octanol–water partition coefficient (Wildman–Crippen LogP) is 2.07. The first-order valence-corrected chi connectivity index (χ1v) is 6.00. The van der Waals surface area contributed by atoms with Crippen LogP contribution < -0.4 is 0 Å². The van der Waals surface area contributed by atoms with Crippen molar-refractivity contribution >= 4 is 5.91 Å². The minimum Gasteiger partial charge on any atom is -0.359 e. The standard InChI is InChI=1S/C14H14N2O2/c1-10-12-7-14(17)16(9-13(12)18-15-10)8-11-5-3-2-4-6-11/h2-6H,7-9H2,1H3. The Labute approximate surface area is 105 Å². The SMILES string of the molecule is Cc1noc2c1CC(=O)N(Cc1ccccc1)C2. The van der Waals surface area contributed by atoms with Crippen molar-refractivity contribution < 1.29 is 9.32 Å². The molecule has 4 heteroatoms. The van der Waals surface area contributed by atoms with Crippen LogP contribution in [-0.4, -0.2) is 16.0 Å². The Kier molecular flexibility index (Phi) is 2.63. The number of rotatable bonds is 2. The number of nitrogens with zero attached hydrogens (tertiary/aromatic N) is 2. The van der Waals surface area contributed by atoms with Crippen molar-refractivity contribution in [3.63, 3.8) is 0 Å². The number of benzene rings is 1. The van der Waals surface area contributed by atoms with E-state index in [4.69, 9.17) is 4.52 Å². The van der Waals surface area contributed by atoms with Gasteiger partial charge in [-0.25, -0.2) is 0 Å². The molecule has 0 spiro atoms. The highest BCUT2D eigenvalue weighted by atomic mass is 16.5. The maximum atomic E-state index is 12.1. The molecule has 0 saturated carbocycles. The second-order valence-electron chi connectivity index (χ2n) is 4.58. The first-order valence-electron chi connectivity index (χ1n) is 6.00. The average Bonchev–Trinajstić information content (AvgIpc) is 2.73. The van der Waals surface area contributed by atoms with Crippen LogP contribution in [0.15, 0.2) is 34.9 Å². The molecule has 1 aliphatic heterocycles. The van der Waals surface area contributed by atoms with Gasteiger partial charge in [0, 0.05) is 12.1 Å². The zero-order valence-corrected chi connectivity index (χ0v) is 10.2. The van der Waals surface area contributed by atoms with E-state index < -0.39 is 0 Å². The van der Waals surface area contributed by atoms with E-state index in [9.17, 15) is 4.79 Å². The van der Waals surface area contributed by atoms with E-state index in [1.165, 1.54) is 0 Å². The number of carbonyl (C=O) groups is 1. The Bertz CT molecular complexity index is 575. The van der Waals surface area contributed by atoms with E-state index in [0.29, 0.717) is 19.5 Å². The molecule has 0 N–H and O–H groups in total. The molecule has 1 aliphatic rings. The molecule has 2 heterocycles. The number of aryl methyl sites for hydroxylation is 1. The summed E-state index contributed by atoms with van der Waals surface area (Å²) in [4.78, 5) is 13.9. The van der Waals surface area contributed by atoms with Crippen LogP contribution in [0, 0.1) is 6.92 Å². The molecule has 3 rings (SSSR count). The van der Waals surface area contributed by atoms with Gasteiger partial charge in [-0.3, -0.25) is 4.79 Å². The zero-order valence-electron chi connectivity index (χ0n) is 10.2. The van der Waals surface area contributed by atoms with Crippen molar-refractivity contribution in [2.45, 2.75) is 26.4 Å². The van der Waals surface area contributed by atoms with E-state index in [-0.39, 0.29) is 5.91 Å². The Morgan fingerprint density at radius 1 is 1.33 bits per heavy atom. The summed E-state index contributed by atoms with van der Waals surface area (Å²) in [6, 6.07) is 9.98. The van der Waals surface area contributed by atoms with E-state index in [0.717, 1.165) is 22.6 Å². The average molecular weight is 242 g/mol. The Morgan fingerprint density at radius 3 is 2.89 bits per heavy atom. The van der Waals surface area contributed by atoms with Crippen LogP contribution in [-0.2, 0) is 24.3 Å². The van der Waals surface area contributed by atoms with Gasteiger partial charge >= 0.3 is 0 Å². The van der Waals surface area contributed by atoms with E-state index in [1.807, 2.05) is 42.2 Å². The summed E-state index contributed by atoms with van der Waals surface area (Å²) in [6.45, 7) is 3.02.